The zero-order valence-corrected chi connectivity index (χ0v) is 10.9. The van der Waals surface area contributed by atoms with E-state index < -0.39 is 5.60 Å². The molecular weight excluding hydrogens is 214 g/mol. The first kappa shape index (κ1) is 14.2. The van der Waals surface area contributed by atoms with E-state index in [9.17, 15) is 5.11 Å². The summed E-state index contributed by atoms with van der Waals surface area (Å²) >= 11 is 0. The van der Waals surface area contributed by atoms with E-state index in [1.165, 1.54) is 5.56 Å². The minimum Gasteiger partial charge on any atom is -0.396 e. The first-order valence-electron chi connectivity index (χ1n) is 6.02. The summed E-state index contributed by atoms with van der Waals surface area (Å²) in [4.78, 5) is 2.09. The molecule has 3 heteroatoms. The highest BCUT2D eigenvalue weighted by atomic mass is 16.3. The Morgan fingerprint density at radius 2 is 1.82 bits per heavy atom. The Kier molecular flexibility index (Phi) is 5.12. The molecular formula is C14H23NO2. The Hall–Kier alpha value is -0.900. The SMILES string of the molecule is CN(CC(C)(C)O)C(CCO)c1ccccc1. The second-order valence-electron chi connectivity index (χ2n) is 5.17. The molecule has 0 heterocycles. The van der Waals surface area contributed by atoms with Gasteiger partial charge >= 0.3 is 0 Å². The summed E-state index contributed by atoms with van der Waals surface area (Å²) in [6.45, 7) is 4.32. The Labute approximate surface area is 104 Å². The molecule has 3 nitrogen and oxygen atoms in total. The number of nitrogens with zero attached hydrogens (tertiary/aromatic N) is 1. The zero-order valence-electron chi connectivity index (χ0n) is 10.9. The molecule has 17 heavy (non-hydrogen) atoms. The first-order valence-corrected chi connectivity index (χ1v) is 6.02. The summed E-state index contributed by atoms with van der Waals surface area (Å²) < 4.78 is 0. The molecule has 0 bridgehead atoms. The van der Waals surface area contributed by atoms with Gasteiger partial charge in [0, 0.05) is 19.2 Å². The summed E-state index contributed by atoms with van der Waals surface area (Å²) in [7, 11) is 1.98. The van der Waals surface area contributed by atoms with Gasteiger partial charge in [0.1, 0.15) is 0 Å². The molecule has 0 spiro atoms. The van der Waals surface area contributed by atoms with Crippen LogP contribution in [0.3, 0.4) is 0 Å². The normalized spacial score (nSPS) is 14.0. The van der Waals surface area contributed by atoms with Crippen molar-refractivity contribution in [1.82, 2.24) is 4.90 Å². The standard InChI is InChI=1S/C14H23NO2/c1-14(2,17)11-15(3)13(9-10-16)12-7-5-4-6-8-12/h4-8,13,16-17H,9-11H2,1-3H3. The van der Waals surface area contributed by atoms with Gasteiger partial charge in [-0.25, -0.2) is 0 Å². The zero-order chi connectivity index (χ0) is 12.9. The lowest BCUT2D eigenvalue weighted by Gasteiger charge is -2.32. The van der Waals surface area contributed by atoms with Crippen LogP contribution in [0.1, 0.15) is 31.9 Å². The van der Waals surface area contributed by atoms with Crippen LogP contribution < -0.4 is 0 Å². The van der Waals surface area contributed by atoms with Gasteiger partial charge in [0.2, 0.25) is 0 Å². The largest absolute Gasteiger partial charge is 0.396 e. The van der Waals surface area contributed by atoms with Crippen molar-refractivity contribution in [2.75, 3.05) is 20.2 Å². The predicted molar refractivity (Wildman–Crippen MR) is 69.8 cm³/mol. The van der Waals surface area contributed by atoms with Crippen LogP contribution in [0.2, 0.25) is 0 Å². The maximum absolute atomic E-state index is 9.85. The minimum absolute atomic E-state index is 0.146. The molecule has 0 fully saturated rings. The number of benzene rings is 1. The molecule has 0 saturated carbocycles. The van der Waals surface area contributed by atoms with Gasteiger partial charge in [-0.1, -0.05) is 30.3 Å². The average molecular weight is 237 g/mol. The highest BCUT2D eigenvalue weighted by Crippen LogP contribution is 2.24. The van der Waals surface area contributed by atoms with Gasteiger partial charge in [-0.3, -0.25) is 4.90 Å². The Morgan fingerprint density at radius 1 is 1.24 bits per heavy atom. The molecule has 0 aliphatic carbocycles. The Morgan fingerprint density at radius 3 is 2.29 bits per heavy atom. The summed E-state index contributed by atoms with van der Waals surface area (Å²) in [5.74, 6) is 0. The number of hydrogen-bond acceptors (Lipinski definition) is 3. The minimum atomic E-state index is -0.725. The second-order valence-corrected chi connectivity index (χ2v) is 5.17. The van der Waals surface area contributed by atoms with E-state index >= 15 is 0 Å². The van der Waals surface area contributed by atoms with Crippen LogP contribution in [0.25, 0.3) is 0 Å². The van der Waals surface area contributed by atoms with Crippen LogP contribution in [0, 0.1) is 0 Å². The molecule has 1 aromatic carbocycles. The smallest absolute Gasteiger partial charge is 0.0718 e. The van der Waals surface area contributed by atoms with E-state index in [0.717, 1.165) is 0 Å². The summed E-state index contributed by atoms with van der Waals surface area (Å²) in [5, 5.41) is 19.0. The van der Waals surface area contributed by atoms with Gasteiger partial charge in [-0.2, -0.15) is 0 Å². The number of likely N-dealkylation sites (N-methyl/N-ethyl adjacent to an activating group) is 1. The molecule has 96 valence electrons. The van der Waals surface area contributed by atoms with E-state index in [2.05, 4.69) is 17.0 Å². The van der Waals surface area contributed by atoms with Gasteiger partial charge < -0.3 is 10.2 Å². The van der Waals surface area contributed by atoms with Crippen molar-refractivity contribution >= 4 is 0 Å². The predicted octanol–water partition coefficient (Wildman–Crippen LogP) is 1.81. The fourth-order valence-corrected chi connectivity index (χ4v) is 2.16. The molecule has 0 radical (unpaired) electrons. The van der Waals surface area contributed by atoms with Crippen molar-refractivity contribution in [3.8, 4) is 0 Å². The molecule has 0 aliphatic heterocycles. The molecule has 1 atom stereocenters. The lowest BCUT2D eigenvalue weighted by atomic mass is 10.0. The molecule has 0 aromatic heterocycles. The van der Waals surface area contributed by atoms with Crippen LogP contribution in [0.15, 0.2) is 30.3 Å². The van der Waals surface area contributed by atoms with Gasteiger partial charge in [0.05, 0.1) is 5.60 Å². The second kappa shape index (κ2) is 6.15. The summed E-state index contributed by atoms with van der Waals surface area (Å²) in [5.41, 5.74) is 0.449. The van der Waals surface area contributed by atoms with Crippen molar-refractivity contribution in [3.63, 3.8) is 0 Å². The van der Waals surface area contributed by atoms with E-state index in [-0.39, 0.29) is 12.6 Å². The Bertz CT molecular complexity index is 319. The van der Waals surface area contributed by atoms with Crippen molar-refractivity contribution in [1.29, 1.82) is 0 Å². The lowest BCUT2D eigenvalue weighted by Crippen LogP contribution is -2.38. The van der Waals surface area contributed by atoms with Crippen LogP contribution in [0.5, 0.6) is 0 Å². The van der Waals surface area contributed by atoms with Gasteiger partial charge in [-0.15, -0.1) is 0 Å². The van der Waals surface area contributed by atoms with Gasteiger partial charge in [-0.05, 0) is 32.9 Å². The van der Waals surface area contributed by atoms with Crippen LogP contribution >= 0.6 is 0 Å². The topological polar surface area (TPSA) is 43.7 Å². The van der Waals surface area contributed by atoms with Crippen molar-refractivity contribution < 1.29 is 10.2 Å². The third-order valence-corrected chi connectivity index (χ3v) is 2.76. The number of rotatable bonds is 6. The third-order valence-electron chi connectivity index (χ3n) is 2.76. The van der Waals surface area contributed by atoms with Crippen LogP contribution in [-0.2, 0) is 0 Å². The lowest BCUT2D eigenvalue weighted by molar-refractivity contribution is 0.0268. The summed E-state index contributed by atoms with van der Waals surface area (Å²) in [6.07, 6.45) is 0.677. The van der Waals surface area contributed by atoms with E-state index in [1.807, 2.05) is 25.2 Å². The average Bonchev–Trinajstić information content (AvgIpc) is 2.24. The van der Waals surface area contributed by atoms with Crippen molar-refractivity contribution in [2.24, 2.45) is 0 Å². The molecule has 1 aromatic rings. The van der Waals surface area contributed by atoms with Crippen molar-refractivity contribution in [3.05, 3.63) is 35.9 Å². The molecule has 2 N–H and O–H groups in total. The first-order chi connectivity index (χ1) is 7.94. The quantitative estimate of drug-likeness (QED) is 0.793. The fraction of sp³-hybridized carbons (Fsp3) is 0.571. The molecule has 1 unspecified atom stereocenters. The van der Waals surface area contributed by atoms with Crippen LogP contribution in [0.4, 0.5) is 0 Å². The Balaban J connectivity index is 2.79. The number of aliphatic hydroxyl groups excluding tert-OH is 1. The van der Waals surface area contributed by atoms with E-state index in [0.29, 0.717) is 13.0 Å². The summed E-state index contributed by atoms with van der Waals surface area (Å²) in [6, 6.07) is 10.2. The van der Waals surface area contributed by atoms with Gasteiger partial charge in [0.15, 0.2) is 0 Å². The molecule has 0 saturated heterocycles. The maximum Gasteiger partial charge on any atom is 0.0718 e. The third kappa shape index (κ3) is 4.86. The monoisotopic (exact) mass is 237 g/mol. The fourth-order valence-electron chi connectivity index (χ4n) is 2.16. The van der Waals surface area contributed by atoms with Crippen molar-refractivity contribution in [2.45, 2.75) is 31.9 Å². The molecule has 0 amide bonds. The highest BCUT2D eigenvalue weighted by molar-refractivity contribution is 5.19. The van der Waals surface area contributed by atoms with Crippen LogP contribution in [-0.4, -0.2) is 40.9 Å². The highest BCUT2D eigenvalue weighted by Gasteiger charge is 2.22. The maximum atomic E-state index is 9.85. The molecule has 1 rings (SSSR count). The number of aliphatic hydroxyl groups is 2. The number of hydrogen-bond donors (Lipinski definition) is 2. The molecule has 0 aliphatic rings. The van der Waals surface area contributed by atoms with E-state index in [1.54, 1.807) is 13.8 Å². The van der Waals surface area contributed by atoms with Gasteiger partial charge in [0.25, 0.3) is 0 Å². The van der Waals surface area contributed by atoms with E-state index in [4.69, 9.17) is 5.11 Å².